The van der Waals surface area contributed by atoms with E-state index in [0.717, 1.165) is 11.4 Å². The van der Waals surface area contributed by atoms with Gasteiger partial charge in [0.25, 0.3) is 0 Å². The van der Waals surface area contributed by atoms with Crippen molar-refractivity contribution in [2.75, 3.05) is 7.11 Å². The molecule has 0 saturated heterocycles. The Labute approximate surface area is 127 Å². The zero-order valence-electron chi connectivity index (χ0n) is 12.0. The van der Waals surface area contributed by atoms with Crippen LogP contribution in [0.25, 0.3) is 0 Å². The maximum absolute atomic E-state index is 5.89. The lowest BCUT2D eigenvalue weighted by molar-refractivity contribution is 0.163. The van der Waals surface area contributed by atoms with Crippen LogP contribution in [0.4, 0.5) is 0 Å². The van der Waals surface area contributed by atoms with Gasteiger partial charge in [-0.15, -0.1) is 0 Å². The first-order valence-electron chi connectivity index (χ1n) is 7.21. The van der Waals surface area contributed by atoms with Crippen LogP contribution in [0.3, 0.4) is 0 Å². The lowest BCUT2D eigenvalue weighted by atomic mass is 10.1. The second-order valence-electron chi connectivity index (χ2n) is 4.79. The van der Waals surface area contributed by atoms with E-state index in [1.807, 2.05) is 12.1 Å². The number of thioether (sulfide) groups is 1. The fraction of sp³-hybridized carbons (Fsp3) is 0.625. The molecule has 0 saturated carbocycles. The number of rotatable bonds is 10. The molecule has 0 amide bonds. The van der Waals surface area contributed by atoms with Crippen molar-refractivity contribution in [3.8, 4) is 0 Å². The van der Waals surface area contributed by atoms with Crippen LogP contribution >= 0.6 is 23.4 Å². The molecule has 0 heterocycles. The number of hydrogen-bond acceptors (Lipinski definition) is 2. The minimum atomic E-state index is 0.257. The summed E-state index contributed by atoms with van der Waals surface area (Å²) in [5.41, 5.74) is 0.257. The monoisotopic (exact) mass is 300 g/mol. The van der Waals surface area contributed by atoms with Crippen molar-refractivity contribution in [1.82, 2.24) is 0 Å². The molecule has 0 aliphatic carbocycles. The third kappa shape index (κ3) is 7.86. The van der Waals surface area contributed by atoms with E-state index in [0.29, 0.717) is 0 Å². The quantitative estimate of drug-likeness (QED) is 0.291. The zero-order valence-corrected chi connectivity index (χ0v) is 13.6. The molecule has 1 rings (SSSR count). The predicted octanol–water partition coefficient (Wildman–Crippen LogP) is 6.16. The summed E-state index contributed by atoms with van der Waals surface area (Å²) in [7, 11) is 1.80. The van der Waals surface area contributed by atoms with Crippen molar-refractivity contribution in [2.45, 2.75) is 62.2 Å². The van der Waals surface area contributed by atoms with E-state index < -0.39 is 0 Å². The molecule has 0 N–H and O–H groups in total. The summed E-state index contributed by atoms with van der Waals surface area (Å²) in [5, 5.41) is 0.786. The number of ether oxygens (including phenoxy) is 1. The summed E-state index contributed by atoms with van der Waals surface area (Å²) in [6.07, 6.45) is 9.11. The molecule has 1 atom stereocenters. The largest absolute Gasteiger partial charge is 0.370 e. The van der Waals surface area contributed by atoms with Crippen molar-refractivity contribution in [3.05, 3.63) is 29.3 Å². The highest BCUT2D eigenvalue weighted by Crippen LogP contribution is 2.28. The second-order valence-corrected chi connectivity index (χ2v) is 6.46. The highest BCUT2D eigenvalue weighted by molar-refractivity contribution is 7.99. The van der Waals surface area contributed by atoms with E-state index in [-0.39, 0.29) is 5.44 Å². The summed E-state index contributed by atoms with van der Waals surface area (Å²) in [6, 6.07) is 7.98. The normalized spacial score (nSPS) is 12.6. The third-order valence-corrected chi connectivity index (χ3v) is 4.62. The Hall–Kier alpha value is -0.180. The topological polar surface area (TPSA) is 9.23 Å². The summed E-state index contributed by atoms with van der Waals surface area (Å²) in [6.45, 7) is 2.25. The average Bonchev–Trinajstić information content (AvgIpc) is 2.43. The van der Waals surface area contributed by atoms with Gasteiger partial charge in [0.1, 0.15) is 5.44 Å². The molecule has 0 radical (unpaired) electrons. The Morgan fingerprint density at radius 2 is 1.68 bits per heavy atom. The fourth-order valence-corrected chi connectivity index (χ4v) is 3.08. The number of hydrogen-bond donors (Lipinski definition) is 0. The Morgan fingerprint density at radius 1 is 1.05 bits per heavy atom. The van der Waals surface area contributed by atoms with Crippen LogP contribution in [0.15, 0.2) is 29.2 Å². The first-order chi connectivity index (χ1) is 9.26. The van der Waals surface area contributed by atoms with E-state index in [9.17, 15) is 0 Å². The van der Waals surface area contributed by atoms with Gasteiger partial charge >= 0.3 is 0 Å². The summed E-state index contributed by atoms with van der Waals surface area (Å²) in [5.74, 6) is 0. The maximum Gasteiger partial charge on any atom is 0.107 e. The van der Waals surface area contributed by atoms with E-state index in [1.54, 1.807) is 18.9 Å². The van der Waals surface area contributed by atoms with E-state index in [2.05, 4.69) is 19.1 Å². The van der Waals surface area contributed by atoms with Crippen LogP contribution in [-0.4, -0.2) is 12.5 Å². The molecule has 0 aromatic heterocycles. The predicted molar refractivity (Wildman–Crippen MR) is 86.1 cm³/mol. The van der Waals surface area contributed by atoms with Gasteiger partial charge in [-0.2, -0.15) is 0 Å². The van der Waals surface area contributed by atoms with Crippen LogP contribution in [0, 0.1) is 0 Å². The lowest BCUT2D eigenvalue weighted by Crippen LogP contribution is -2.04. The Bertz CT molecular complexity index is 326. The first-order valence-corrected chi connectivity index (χ1v) is 8.47. The van der Waals surface area contributed by atoms with Gasteiger partial charge < -0.3 is 4.74 Å². The van der Waals surface area contributed by atoms with E-state index >= 15 is 0 Å². The van der Waals surface area contributed by atoms with Gasteiger partial charge in [0.15, 0.2) is 0 Å². The van der Waals surface area contributed by atoms with Crippen molar-refractivity contribution in [1.29, 1.82) is 0 Å². The summed E-state index contributed by atoms with van der Waals surface area (Å²) in [4.78, 5) is 1.22. The van der Waals surface area contributed by atoms with Crippen LogP contribution in [0.2, 0.25) is 5.02 Å². The van der Waals surface area contributed by atoms with Gasteiger partial charge in [0.2, 0.25) is 0 Å². The Kier molecular flexibility index (Phi) is 9.40. The van der Waals surface area contributed by atoms with Crippen molar-refractivity contribution in [3.63, 3.8) is 0 Å². The fourth-order valence-electron chi connectivity index (χ4n) is 1.98. The average molecular weight is 301 g/mol. The van der Waals surface area contributed by atoms with Crippen molar-refractivity contribution >= 4 is 23.4 Å². The summed E-state index contributed by atoms with van der Waals surface area (Å²) >= 11 is 7.67. The Morgan fingerprint density at radius 3 is 2.32 bits per heavy atom. The van der Waals surface area contributed by atoms with Gasteiger partial charge in [-0.25, -0.2) is 0 Å². The number of halogens is 1. The SMILES string of the molecule is CCCCCCCCC(OC)Sc1ccc(Cl)cc1. The molecule has 0 spiro atoms. The van der Waals surface area contributed by atoms with Crippen molar-refractivity contribution < 1.29 is 4.74 Å². The zero-order chi connectivity index (χ0) is 13.9. The summed E-state index contributed by atoms with van der Waals surface area (Å²) < 4.78 is 5.54. The number of benzene rings is 1. The first kappa shape index (κ1) is 16.9. The minimum absolute atomic E-state index is 0.257. The molecule has 1 unspecified atom stereocenters. The van der Waals surface area contributed by atoms with Gasteiger partial charge in [-0.1, -0.05) is 62.4 Å². The Balaban J connectivity index is 2.20. The number of unbranched alkanes of at least 4 members (excludes halogenated alkanes) is 5. The van der Waals surface area contributed by atoms with Crippen LogP contribution < -0.4 is 0 Å². The maximum atomic E-state index is 5.89. The second kappa shape index (κ2) is 10.6. The van der Waals surface area contributed by atoms with E-state index in [1.165, 1.54) is 43.4 Å². The highest BCUT2D eigenvalue weighted by atomic mass is 35.5. The van der Waals surface area contributed by atoms with Crippen LogP contribution in [0.5, 0.6) is 0 Å². The lowest BCUT2D eigenvalue weighted by Gasteiger charge is -2.14. The molecule has 1 aromatic rings. The molecule has 19 heavy (non-hydrogen) atoms. The van der Waals surface area contributed by atoms with Gasteiger partial charge in [-0.05, 0) is 37.1 Å². The number of methoxy groups -OCH3 is 1. The van der Waals surface area contributed by atoms with Crippen LogP contribution in [-0.2, 0) is 4.74 Å². The van der Waals surface area contributed by atoms with Gasteiger partial charge in [-0.3, -0.25) is 0 Å². The minimum Gasteiger partial charge on any atom is -0.370 e. The van der Waals surface area contributed by atoms with Gasteiger partial charge in [0.05, 0.1) is 0 Å². The van der Waals surface area contributed by atoms with Crippen molar-refractivity contribution in [2.24, 2.45) is 0 Å². The van der Waals surface area contributed by atoms with Gasteiger partial charge in [0, 0.05) is 17.0 Å². The molecule has 0 aliphatic heterocycles. The molecule has 0 fully saturated rings. The molecule has 108 valence electrons. The molecular weight excluding hydrogens is 276 g/mol. The van der Waals surface area contributed by atoms with Crippen LogP contribution in [0.1, 0.15) is 51.9 Å². The smallest absolute Gasteiger partial charge is 0.107 e. The third-order valence-electron chi connectivity index (χ3n) is 3.14. The molecule has 0 bridgehead atoms. The van der Waals surface area contributed by atoms with E-state index in [4.69, 9.17) is 16.3 Å². The molecule has 3 heteroatoms. The molecule has 0 aliphatic rings. The molecular formula is C16H25ClOS. The molecule has 1 nitrogen and oxygen atoms in total. The molecule has 1 aromatic carbocycles. The standard InChI is InChI=1S/C16H25ClOS/c1-3-4-5-6-7-8-9-16(18-2)19-15-12-10-14(17)11-13-15/h10-13,16H,3-9H2,1-2H3. The highest BCUT2D eigenvalue weighted by Gasteiger charge is 2.08.